The molecule has 0 amide bonds. The molecule has 17 heavy (non-hydrogen) atoms. The summed E-state index contributed by atoms with van der Waals surface area (Å²) < 4.78 is 0. The molecule has 0 saturated carbocycles. The minimum atomic E-state index is 0.615. The molecule has 0 bridgehead atoms. The molecule has 2 unspecified atom stereocenters. The maximum absolute atomic E-state index is 3.57. The fraction of sp³-hybridized carbons (Fsp3) is 0.600. The van der Waals surface area contributed by atoms with E-state index in [0.29, 0.717) is 6.04 Å². The number of alkyl halides is 1. The van der Waals surface area contributed by atoms with Gasteiger partial charge in [-0.2, -0.15) is 0 Å². The normalized spacial score (nSPS) is 21.3. The molecule has 0 aliphatic heterocycles. The predicted octanol–water partition coefficient (Wildman–Crippen LogP) is 3.82. The molecule has 0 heterocycles. The SMILES string of the molecule is CC(CBr)N(C)CC1CCCc2ccccc21. The number of aryl methyl sites for hydroxylation is 1. The van der Waals surface area contributed by atoms with Gasteiger partial charge in [0.15, 0.2) is 0 Å². The van der Waals surface area contributed by atoms with E-state index in [9.17, 15) is 0 Å². The van der Waals surface area contributed by atoms with E-state index in [1.54, 1.807) is 11.1 Å². The molecule has 1 aliphatic carbocycles. The number of likely N-dealkylation sites (N-methyl/N-ethyl adjacent to an activating group) is 1. The Bertz CT molecular complexity index is 364. The van der Waals surface area contributed by atoms with Crippen molar-refractivity contribution in [2.24, 2.45) is 0 Å². The number of rotatable bonds is 4. The van der Waals surface area contributed by atoms with Gasteiger partial charge in [-0.1, -0.05) is 40.2 Å². The average Bonchev–Trinajstić information content (AvgIpc) is 2.38. The van der Waals surface area contributed by atoms with Crippen molar-refractivity contribution in [1.82, 2.24) is 4.90 Å². The first-order chi connectivity index (χ1) is 8.22. The molecular formula is C15H22BrN. The number of benzene rings is 1. The summed E-state index contributed by atoms with van der Waals surface area (Å²) in [6.07, 6.45) is 3.96. The van der Waals surface area contributed by atoms with Crippen molar-refractivity contribution in [3.63, 3.8) is 0 Å². The van der Waals surface area contributed by atoms with E-state index in [1.807, 2.05) is 0 Å². The van der Waals surface area contributed by atoms with Crippen LogP contribution in [0.5, 0.6) is 0 Å². The van der Waals surface area contributed by atoms with Crippen molar-refractivity contribution >= 4 is 15.9 Å². The number of halogens is 1. The lowest BCUT2D eigenvalue weighted by Crippen LogP contribution is -2.34. The summed E-state index contributed by atoms with van der Waals surface area (Å²) in [5, 5.41) is 1.05. The van der Waals surface area contributed by atoms with Crippen LogP contribution in [0.4, 0.5) is 0 Å². The Kier molecular flexibility index (Phi) is 4.63. The zero-order valence-corrected chi connectivity index (χ0v) is 12.4. The fourth-order valence-electron chi connectivity index (χ4n) is 2.69. The van der Waals surface area contributed by atoms with Gasteiger partial charge in [-0.25, -0.2) is 0 Å². The highest BCUT2D eigenvalue weighted by molar-refractivity contribution is 9.09. The van der Waals surface area contributed by atoms with E-state index < -0.39 is 0 Å². The topological polar surface area (TPSA) is 3.24 Å². The summed E-state index contributed by atoms with van der Waals surface area (Å²) in [7, 11) is 2.24. The van der Waals surface area contributed by atoms with Gasteiger partial charge in [0.25, 0.3) is 0 Å². The molecule has 2 rings (SSSR count). The Balaban J connectivity index is 2.08. The Morgan fingerprint density at radius 3 is 2.94 bits per heavy atom. The number of nitrogens with zero attached hydrogens (tertiary/aromatic N) is 1. The third-order valence-electron chi connectivity index (χ3n) is 3.98. The Morgan fingerprint density at radius 1 is 1.41 bits per heavy atom. The Morgan fingerprint density at radius 2 is 2.18 bits per heavy atom. The van der Waals surface area contributed by atoms with Crippen LogP contribution >= 0.6 is 15.9 Å². The molecule has 0 saturated heterocycles. The van der Waals surface area contributed by atoms with Gasteiger partial charge in [0.05, 0.1) is 0 Å². The summed E-state index contributed by atoms with van der Waals surface area (Å²) in [5.41, 5.74) is 3.16. The molecule has 1 aromatic carbocycles. The highest BCUT2D eigenvalue weighted by Crippen LogP contribution is 2.32. The van der Waals surface area contributed by atoms with Gasteiger partial charge in [-0.05, 0) is 50.3 Å². The van der Waals surface area contributed by atoms with Gasteiger partial charge in [0.2, 0.25) is 0 Å². The molecule has 0 fully saturated rings. The molecule has 1 aromatic rings. The van der Waals surface area contributed by atoms with E-state index >= 15 is 0 Å². The van der Waals surface area contributed by atoms with Gasteiger partial charge in [0, 0.05) is 17.9 Å². The molecule has 94 valence electrons. The van der Waals surface area contributed by atoms with Crippen molar-refractivity contribution in [2.75, 3.05) is 18.9 Å². The van der Waals surface area contributed by atoms with Gasteiger partial charge < -0.3 is 4.90 Å². The maximum Gasteiger partial charge on any atom is 0.0185 e. The van der Waals surface area contributed by atoms with Crippen molar-refractivity contribution in [3.05, 3.63) is 35.4 Å². The van der Waals surface area contributed by atoms with Crippen LogP contribution in [0, 0.1) is 0 Å². The van der Waals surface area contributed by atoms with Crippen molar-refractivity contribution in [1.29, 1.82) is 0 Å². The first kappa shape index (κ1) is 13.1. The lowest BCUT2D eigenvalue weighted by atomic mass is 9.82. The highest BCUT2D eigenvalue weighted by Gasteiger charge is 2.22. The summed E-state index contributed by atoms with van der Waals surface area (Å²) >= 11 is 3.57. The van der Waals surface area contributed by atoms with Crippen molar-refractivity contribution in [3.8, 4) is 0 Å². The summed E-state index contributed by atoms with van der Waals surface area (Å²) in [5.74, 6) is 0.728. The number of fused-ring (bicyclic) bond motifs is 1. The zero-order chi connectivity index (χ0) is 12.3. The van der Waals surface area contributed by atoms with Crippen LogP contribution in [-0.4, -0.2) is 29.9 Å². The van der Waals surface area contributed by atoms with E-state index in [1.165, 1.54) is 25.8 Å². The zero-order valence-electron chi connectivity index (χ0n) is 10.8. The smallest absolute Gasteiger partial charge is 0.0185 e. The van der Waals surface area contributed by atoms with Crippen LogP contribution in [0.3, 0.4) is 0 Å². The molecule has 0 aromatic heterocycles. The highest BCUT2D eigenvalue weighted by atomic mass is 79.9. The molecular weight excluding hydrogens is 274 g/mol. The van der Waals surface area contributed by atoms with Crippen molar-refractivity contribution in [2.45, 2.75) is 38.1 Å². The van der Waals surface area contributed by atoms with E-state index in [-0.39, 0.29) is 0 Å². The van der Waals surface area contributed by atoms with E-state index in [4.69, 9.17) is 0 Å². The monoisotopic (exact) mass is 295 g/mol. The second-order valence-corrected chi connectivity index (χ2v) is 5.88. The largest absolute Gasteiger partial charge is 0.302 e. The maximum atomic E-state index is 3.57. The first-order valence-corrected chi connectivity index (χ1v) is 7.68. The number of hydrogen-bond donors (Lipinski definition) is 0. The molecule has 0 spiro atoms. The summed E-state index contributed by atoms with van der Waals surface area (Å²) in [6.45, 7) is 3.47. The molecule has 1 aliphatic rings. The van der Waals surface area contributed by atoms with Gasteiger partial charge in [-0.15, -0.1) is 0 Å². The molecule has 0 N–H and O–H groups in total. The first-order valence-electron chi connectivity index (χ1n) is 6.56. The molecule has 1 nitrogen and oxygen atoms in total. The van der Waals surface area contributed by atoms with Crippen LogP contribution in [0.15, 0.2) is 24.3 Å². The minimum Gasteiger partial charge on any atom is -0.302 e. The summed E-state index contributed by atoms with van der Waals surface area (Å²) in [6, 6.07) is 9.60. The number of hydrogen-bond acceptors (Lipinski definition) is 1. The van der Waals surface area contributed by atoms with E-state index in [2.05, 4.69) is 59.1 Å². The van der Waals surface area contributed by atoms with Gasteiger partial charge in [-0.3, -0.25) is 0 Å². The Hall–Kier alpha value is -0.340. The lowest BCUT2D eigenvalue weighted by Gasteiger charge is -2.31. The Labute approximate surface area is 113 Å². The van der Waals surface area contributed by atoms with Crippen LogP contribution in [0.1, 0.15) is 36.8 Å². The lowest BCUT2D eigenvalue weighted by molar-refractivity contribution is 0.252. The molecule has 0 radical (unpaired) electrons. The van der Waals surface area contributed by atoms with Gasteiger partial charge >= 0.3 is 0 Å². The summed E-state index contributed by atoms with van der Waals surface area (Å²) in [4.78, 5) is 2.47. The minimum absolute atomic E-state index is 0.615. The van der Waals surface area contributed by atoms with Crippen LogP contribution in [0.2, 0.25) is 0 Å². The second kappa shape index (κ2) is 6.01. The molecule has 2 atom stereocenters. The van der Waals surface area contributed by atoms with Crippen LogP contribution in [0.25, 0.3) is 0 Å². The van der Waals surface area contributed by atoms with E-state index in [0.717, 1.165) is 11.2 Å². The standard InChI is InChI=1S/C15H22BrN/c1-12(10-16)17(2)11-14-8-5-7-13-6-3-4-9-15(13)14/h3-4,6,9,12,14H,5,7-8,10-11H2,1-2H3. The van der Waals surface area contributed by atoms with Crippen molar-refractivity contribution < 1.29 is 0 Å². The van der Waals surface area contributed by atoms with Crippen LogP contribution in [-0.2, 0) is 6.42 Å². The third-order valence-corrected chi connectivity index (χ3v) is 4.91. The predicted molar refractivity (Wildman–Crippen MR) is 78.0 cm³/mol. The fourth-order valence-corrected chi connectivity index (χ4v) is 3.18. The third kappa shape index (κ3) is 3.11. The van der Waals surface area contributed by atoms with Crippen LogP contribution < -0.4 is 0 Å². The quantitative estimate of drug-likeness (QED) is 0.763. The average molecular weight is 296 g/mol. The second-order valence-electron chi connectivity index (χ2n) is 5.23. The van der Waals surface area contributed by atoms with Gasteiger partial charge in [0.1, 0.15) is 0 Å². The molecule has 2 heteroatoms.